The third-order valence-electron chi connectivity index (χ3n) is 8.84. The molecular weight excluding hydrogens is 582 g/mol. The molecule has 3 aromatic carbocycles. The summed E-state index contributed by atoms with van der Waals surface area (Å²) in [5, 5.41) is 0. The average Bonchev–Trinajstić information content (AvgIpc) is 3.03. The van der Waals surface area contributed by atoms with Crippen LogP contribution in [0.4, 0.5) is 0 Å². The van der Waals surface area contributed by atoms with Gasteiger partial charge in [-0.3, -0.25) is 14.4 Å². The van der Waals surface area contributed by atoms with Crippen LogP contribution in [-0.2, 0) is 16.8 Å². The molecule has 0 bridgehead atoms. The highest BCUT2D eigenvalue weighted by Gasteiger charge is 2.36. The monoisotopic (exact) mass is 633 g/mol. The fourth-order valence-electron chi connectivity index (χ4n) is 5.82. The summed E-state index contributed by atoms with van der Waals surface area (Å²) in [4.78, 5) is 40.9. The first-order valence-electron chi connectivity index (χ1n) is 16.8. The molecule has 0 aromatic heterocycles. The van der Waals surface area contributed by atoms with E-state index in [1.807, 2.05) is 36.4 Å². The van der Waals surface area contributed by atoms with Crippen molar-refractivity contribution in [2.24, 2.45) is 17.3 Å². The van der Waals surface area contributed by atoms with Crippen LogP contribution in [0.5, 0.6) is 5.75 Å². The Labute approximate surface area is 281 Å². The number of Topliss-reactive ketones (excluding diaryl/α,β-unsaturated/α-hetero) is 3. The molecule has 0 saturated carbocycles. The van der Waals surface area contributed by atoms with Crippen LogP contribution in [0.1, 0.15) is 105 Å². The molecule has 5 nitrogen and oxygen atoms in total. The summed E-state index contributed by atoms with van der Waals surface area (Å²) in [7, 11) is 0. The largest absolute Gasteiger partial charge is 0.489 e. The van der Waals surface area contributed by atoms with Gasteiger partial charge in [0.05, 0.1) is 6.42 Å². The number of carbonyl (C=O) groups is 3. The molecule has 0 amide bonds. The number of hydrogen-bond donors (Lipinski definition) is 0. The molecule has 47 heavy (non-hydrogen) atoms. The first kappa shape index (κ1) is 35.6. The van der Waals surface area contributed by atoms with Crippen LogP contribution in [0.15, 0.2) is 91.1 Å². The molecule has 0 radical (unpaired) electrons. The molecule has 3 aromatic rings. The lowest BCUT2D eigenvalue weighted by atomic mass is 9.73. The molecule has 248 valence electrons. The number of rotatable bonds is 14. The van der Waals surface area contributed by atoms with E-state index in [1.54, 1.807) is 36.4 Å². The Morgan fingerprint density at radius 3 is 2.06 bits per heavy atom. The molecule has 0 aliphatic carbocycles. The summed E-state index contributed by atoms with van der Waals surface area (Å²) >= 11 is 0. The van der Waals surface area contributed by atoms with E-state index in [0.717, 1.165) is 36.2 Å². The Hall–Kier alpha value is -4.25. The van der Waals surface area contributed by atoms with Crippen molar-refractivity contribution in [1.29, 1.82) is 0 Å². The lowest BCUT2D eigenvalue weighted by Gasteiger charge is -2.40. The van der Waals surface area contributed by atoms with Gasteiger partial charge in [0.2, 0.25) is 0 Å². The molecule has 1 unspecified atom stereocenters. The number of ketones is 3. The number of hydrogen-bond acceptors (Lipinski definition) is 5. The fraction of sp³-hybridized carbons (Fsp3) is 0.405. The number of nitrogens with zero attached hydrogens (tertiary/aromatic N) is 1. The van der Waals surface area contributed by atoms with Gasteiger partial charge in [0.15, 0.2) is 11.6 Å². The van der Waals surface area contributed by atoms with E-state index in [2.05, 4.69) is 77.8 Å². The quantitative estimate of drug-likeness (QED) is 0.131. The smallest absolute Gasteiger partial charge is 0.170 e. The van der Waals surface area contributed by atoms with Crippen LogP contribution in [-0.4, -0.2) is 35.3 Å². The van der Waals surface area contributed by atoms with Crippen molar-refractivity contribution in [2.45, 2.75) is 79.8 Å². The fourth-order valence-corrected chi connectivity index (χ4v) is 5.82. The van der Waals surface area contributed by atoms with Crippen LogP contribution in [0.25, 0.3) is 6.08 Å². The lowest BCUT2D eigenvalue weighted by molar-refractivity contribution is -0.126. The third-order valence-corrected chi connectivity index (χ3v) is 8.84. The first-order valence-corrected chi connectivity index (χ1v) is 16.8. The topological polar surface area (TPSA) is 63.7 Å². The lowest BCUT2D eigenvalue weighted by Crippen LogP contribution is -2.43. The first-order chi connectivity index (χ1) is 22.2. The minimum Gasteiger partial charge on any atom is -0.489 e. The zero-order valence-electron chi connectivity index (χ0n) is 29.2. The van der Waals surface area contributed by atoms with Crippen LogP contribution in [0, 0.1) is 17.3 Å². The maximum Gasteiger partial charge on any atom is 0.170 e. The van der Waals surface area contributed by atoms with Gasteiger partial charge in [0.1, 0.15) is 18.1 Å². The van der Waals surface area contributed by atoms with E-state index < -0.39 is 0 Å². The number of allylic oxidation sites excluding steroid dienone is 2. The van der Waals surface area contributed by atoms with Crippen LogP contribution in [0.2, 0.25) is 0 Å². The Morgan fingerprint density at radius 2 is 1.49 bits per heavy atom. The second-order valence-corrected chi connectivity index (χ2v) is 14.8. The maximum absolute atomic E-state index is 13.1. The third kappa shape index (κ3) is 10.4. The average molecular weight is 634 g/mol. The van der Waals surface area contributed by atoms with Gasteiger partial charge in [0.25, 0.3) is 0 Å². The van der Waals surface area contributed by atoms with Gasteiger partial charge in [-0.1, -0.05) is 115 Å². The van der Waals surface area contributed by atoms with Gasteiger partial charge in [0, 0.05) is 36.6 Å². The predicted molar refractivity (Wildman–Crippen MR) is 192 cm³/mol. The van der Waals surface area contributed by atoms with E-state index in [1.165, 1.54) is 0 Å². The van der Waals surface area contributed by atoms with Crippen LogP contribution in [0.3, 0.4) is 0 Å². The van der Waals surface area contributed by atoms with Gasteiger partial charge >= 0.3 is 0 Å². The summed E-state index contributed by atoms with van der Waals surface area (Å²) in [6.07, 6.45) is 9.61. The van der Waals surface area contributed by atoms with Crippen molar-refractivity contribution in [1.82, 2.24) is 4.90 Å². The SMILES string of the molecule is CC(C)CN1C=CC(C)(C)C(C(=O)CC/C=C/c2ccc(COc3ccc(C(=O)CC(=O)c4ccc(C(C)(C)C)cc4)cc3)cc2)C1. The Morgan fingerprint density at radius 1 is 0.894 bits per heavy atom. The molecular formula is C42H51NO4. The van der Waals surface area contributed by atoms with Gasteiger partial charge in [-0.15, -0.1) is 0 Å². The standard InChI is InChI=1S/C42H51NO4/c1-30(2)27-43-25-24-42(6,7)37(28-43)38(44)11-9-8-10-31-12-14-32(15-13-31)29-47-36-22-18-34(19-23-36)40(46)26-39(45)33-16-20-35(21-17-33)41(3,4)5/h8,10,12-25,30,37H,9,11,26-29H2,1-7H3/b10-8+. The van der Waals surface area contributed by atoms with Crippen molar-refractivity contribution in [3.05, 3.63) is 119 Å². The Balaban J connectivity index is 1.21. The minimum atomic E-state index is -0.210. The van der Waals surface area contributed by atoms with Crippen molar-refractivity contribution in [3.8, 4) is 5.75 Å². The molecule has 1 aliphatic rings. The summed E-state index contributed by atoms with van der Waals surface area (Å²) in [5.41, 5.74) is 4.18. The van der Waals surface area contributed by atoms with Crippen LogP contribution < -0.4 is 4.74 Å². The summed E-state index contributed by atoms with van der Waals surface area (Å²) in [6.45, 7) is 17.3. The van der Waals surface area contributed by atoms with Crippen molar-refractivity contribution in [2.75, 3.05) is 13.1 Å². The van der Waals surface area contributed by atoms with Crippen molar-refractivity contribution < 1.29 is 19.1 Å². The van der Waals surface area contributed by atoms with Gasteiger partial charge < -0.3 is 9.64 Å². The summed E-state index contributed by atoms with van der Waals surface area (Å²) < 4.78 is 5.94. The molecule has 0 saturated heterocycles. The predicted octanol–water partition coefficient (Wildman–Crippen LogP) is 9.51. The Bertz CT molecular complexity index is 1570. The van der Waals surface area contributed by atoms with Crippen molar-refractivity contribution >= 4 is 23.4 Å². The highest BCUT2D eigenvalue weighted by atomic mass is 16.5. The molecule has 5 heteroatoms. The van der Waals surface area contributed by atoms with Crippen molar-refractivity contribution in [3.63, 3.8) is 0 Å². The van der Waals surface area contributed by atoms with E-state index in [9.17, 15) is 14.4 Å². The molecule has 0 spiro atoms. The summed E-state index contributed by atoms with van der Waals surface area (Å²) in [6, 6.07) is 22.6. The molecule has 1 atom stereocenters. The maximum atomic E-state index is 13.1. The number of ether oxygens (including phenoxy) is 1. The van der Waals surface area contributed by atoms with E-state index in [4.69, 9.17) is 4.74 Å². The molecule has 1 aliphatic heterocycles. The zero-order chi connectivity index (χ0) is 34.2. The Kier molecular flexibility index (Phi) is 11.8. The van der Waals surface area contributed by atoms with E-state index >= 15 is 0 Å². The van der Waals surface area contributed by atoms with E-state index in [0.29, 0.717) is 41.6 Å². The molecule has 0 N–H and O–H groups in total. The van der Waals surface area contributed by atoms with Gasteiger partial charge in [-0.05, 0) is 70.3 Å². The molecule has 0 fully saturated rings. The highest BCUT2D eigenvalue weighted by molar-refractivity contribution is 6.13. The minimum absolute atomic E-state index is 0.00647. The number of carbonyl (C=O) groups excluding carboxylic acids is 3. The second-order valence-electron chi connectivity index (χ2n) is 14.8. The van der Waals surface area contributed by atoms with Gasteiger partial charge in [-0.25, -0.2) is 0 Å². The zero-order valence-corrected chi connectivity index (χ0v) is 29.2. The number of benzene rings is 3. The van der Waals surface area contributed by atoms with Gasteiger partial charge in [-0.2, -0.15) is 0 Å². The molecule has 4 rings (SSSR count). The normalized spacial score (nSPS) is 16.1. The second kappa shape index (κ2) is 15.6. The van der Waals surface area contributed by atoms with E-state index in [-0.39, 0.29) is 34.7 Å². The van der Waals surface area contributed by atoms with Crippen LogP contribution >= 0.6 is 0 Å². The highest BCUT2D eigenvalue weighted by Crippen LogP contribution is 2.35. The molecule has 1 heterocycles. The summed E-state index contributed by atoms with van der Waals surface area (Å²) in [5.74, 6) is 1.17.